The minimum absolute atomic E-state index is 0.795. The molecule has 5 aromatic rings. The minimum Gasteiger partial charge on any atom is -0.497 e. The van der Waals surface area contributed by atoms with Crippen molar-refractivity contribution in [2.45, 2.75) is 0 Å². The molecule has 0 atom stereocenters. The van der Waals surface area contributed by atoms with Gasteiger partial charge in [-0.2, -0.15) is 5.10 Å². The molecule has 0 amide bonds. The molecule has 0 bridgehead atoms. The Hall–Kier alpha value is -3.03. The van der Waals surface area contributed by atoms with Gasteiger partial charge in [-0.1, -0.05) is 34.1 Å². The molecule has 3 heterocycles. The molecule has 0 saturated heterocycles. The third-order valence-electron chi connectivity index (χ3n) is 4.65. The number of thiophene rings is 1. The summed E-state index contributed by atoms with van der Waals surface area (Å²) in [5.41, 5.74) is 4.38. The molecule has 5 nitrogen and oxygen atoms in total. The number of nitrogens with zero attached hydrogens (tertiary/aromatic N) is 4. The summed E-state index contributed by atoms with van der Waals surface area (Å²) in [5.74, 6) is 0.809. The normalized spacial score (nSPS) is 11.1. The quantitative estimate of drug-likeness (QED) is 0.329. The first-order valence-electron chi connectivity index (χ1n) is 8.93. The molecule has 0 fully saturated rings. The van der Waals surface area contributed by atoms with E-state index in [4.69, 9.17) is 9.84 Å². The van der Waals surface area contributed by atoms with Crippen LogP contribution >= 0.6 is 27.3 Å². The van der Waals surface area contributed by atoms with Crippen molar-refractivity contribution in [3.63, 3.8) is 0 Å². The van der Waals surface area contributed by atoms with Crippen LogP contribution in [0.15, 0.2) is 76.7 Å². The van der Waals surface area contributed by atoms with Crippen molar-refractivity contribution in [1.29, 1.82) is 0 Å². The molecule has 0 unspecified atom stereocenters. The first-order valence-corrected chi connectivity index (χ1v) is 10.6. The number of benzene rings is 2. The van der Waals surface area contributed by atoms with Gasteiger partial charge in [0.15, 0.2) is 0 Å². The molecule has 0 aliphatic carbocycles. The molecule has 142 valence electrons. The molecule has 0 N–H and O–H groups in total. The second-order valence-corrected chi connectivity index (χ2v) is 8.28. The Balaban J connectivity index is 1.73. The molecular formula is C22H15BrN4OS. The summed E-state index contributed by atoms with van der Waals surface area (Å²) >= 11 is 5.12. The highest BCUT2D eigenvalue weighted by Crippen LogP contribution is 2.34. The number of aromatic nitrogens is 4. The smallest absolute Gasteiger partial charge is 0.131 e. The van der Waals surface area contributed by atoms with Gasteiger partial charge in [-0.3, -0.25) is 0 Å². The zero-order valence-electron chi connectivity index (χ0n) is 15.4. The zero-order valence-corrected chi connectivity index (χ0v) is 17.8. The summed E-state index contributed by atoms with van der Waals surface area (Å²) in [6, 6.07) is 19.9. The maximum absolute atomic E-state index is 5.27. The van der Waals surface area contributed by atoms with E-state index in [2.05, 4.69) is 26.1 Å². The Morgan fingerprint density at radius 3 is 2.38 bits per heavy atom. The van der Waals surface area contributed by atoms with Crippen LogP contribution < -0.4 is 4.74 Å². The fraction of sp³-hybridized carbons (Fsp3) is 0.0455. The van der Waals surface area contributed by atoms with E-state index in [9.17, 15) is 0 Å². The van der Waals surface area contributed by atoms with Crippen molar-refractivity contribution in [3.05, 3.63) is 76.7 Å². The lowest BCUT2D eigenvalue weighted by atomic mass is 10.1. The van der Waals surface area contributed by atoms with Gasteiger partial charge in [0.25, 0.3) is 0 Å². The van der Waals surface area contributed by atoms with E-state index in [1.165, 1.54) is 0 Å². The highest BCUT2D eigenvalue weighted by Gasteiger charge is 2.17. The van der Waals surface area contributed by atoms with Crippen molar-refractivity contribution in [2.24, 2.45) is 0 Å². The predicted molar refractivity (Wildman–Crippen MR) is 120 cm³/mol. The summed E-state index contributed by atoms with van der Waals surface area (Å²) < 4.78 is 8.16. The lowest BCUT2D eigenvalue weighted by molar-refractivity contribution is 0.414. The molecule has 0 radical (unpaired) electrons. The summed E-state index contributed by atoms with van der Waals surface area (Å²) in [6.45, 7) is 0. The van der Waals surface area contributed by atoms with E-state index >= 15 is 0 Å². The monoisotopic (exact) mass is 462 g/mol. The van der Waals surface area contributed by atoms with Crippen LogP contribution in [0.5, 0.6) is 5.75 Å². The average molecular weight is 463 g/mol. The highest BCUT2D eigenvalue weighted by molar-refractivity contribution is 9.10. The fourth-order valence-corrected chi connectivity index (χ4v) is 4.17. The van der Waals surface area contributed by atoms with Gasteiger partial charge in [-0.25, -0.2) is 4.68 Å². The van der Waals surface area contributed by atoms with Crippen molar-refractivity contribution in [1.82, 2.24) is 20.0 Å². The van der Waals surface area contributed by atoms with Gasteiger partial charge in [-0.15, -0.1) is 21.5 Å². The largest absolute Gasteiger partial charge is 0.497 e. The first kappa shape index (κ1) is 18.0. The van der Waals surface area contributed by atoms with E-state index in [1.807, 2.05) is 76.9 Å². The SMILES string of the molecule is COc1ccc(-n2cc3c(-c4ccc(Br)cc4)nnc(-c4cccs4)c3n2)cc1. The van der Waals surface area contributed by atoms with Crippen LogP contribution in [0.1, 0.15) is 0 Å². The van der Waals surface area contributed by atoms with Crippen molar-refractivity contribution >= 4 is 38.2 Å². The van der Waals surface area contributed by atoms with Crippen molar-refractivity contribution < 1.29 is 4.74 Å². The Morgan fingerprint density at radius 2 is 1.69 bits per heavy atom. The van der Waals surface area contributed by atoms with Crippen LogP contribution in [0.2, 0.25) is 0 Å². The third kappa shape index (κ3) is 3.32. The van der Waals surface area contributed by atoms with Gasteiger partial charge < -0.3 is 4.74 Å². The Labute approximate surface area is 179 Å². The molecule has 5 rings (SSSR count). The molecule has 0 aliphatic rings. The van der Waals surface area contributed by atoms with Crippen LogP contribution in [-0.2, 0) is 0 Å². The third-order valence-corrected chi connectivity index (χ3v) is 6.06. The number of fused-ring (bicyclic) bond motifs is 1. The van der Waals surface area contributed by atoms with Crippen LogP contribution in [0.4, 0.5) is 0 Å². The average Bonchev–Trinajstić information content (AvgIpc) is 3.44. The second-order valence-electron chi connectivity index (χ2n) is 6.42. The highest BCUT2D eigenvalue weighted by atomic mass is 79.9. The molecule has 7 heteroatoms. The van der Waals surface area contributed by atoms with Crippen LogP contribution in [0.25, 0.3) is 38.4 Å². The predicted octanol–water partition coefficient (Wildman–Crippen LogP) is 5.98. The molecule has 0 saturated carbocycles. The first-order chi connectivity index (χ1) is 14.2. The van der Waals surface area contributed by atoms with Crippen LogP contribution in [-0.4, -0.2) is 27.1 Å². The number of methoxy groups -OCH3 is 1. The van der Waals surface area contributed by atoms with E-state index in [1.54, 1.807) is 18.4 Å². The Morgan fingerprint density at radius 1 is 0.931 bits per heavy atom. The van der Waals surface area contributed by atoms with E-state index < -0.39 is 0 Å². The molecular weight excluding hydrogens is 448 g/mol. The summed E-state index contributed by atoms with van der Waals surface area (Å²) in [7, 11) is 1.66. The van der Waals surface area contributed by atoms with Gasteiger partial charge in [0.05, 0.1) is 23.1 Å². The second kappa shape index (κ2) is 7.42. The van der Waals surface area contributed by atoms with Gasteiger partial charge in [-0.05, 0) is 47.8 Å². The van der Waals surface area contributed by atoms with Gasteiger partial charge in [0.1, 0.15) is 22.7 Å². The number of hydrogen-bond acceptors (Lipinski definition) is 5. The summed E-state index contributed by atoms with van der Waals surface area (Å²) in [5, 5.41) is 17.0. The van der Waals surface area contributed by atoms with Gasteiger partial charge in [0, 0.05) is 16.2 Å². The standard InChI is InChI=1S/C22H15BrN4OS/c1-28-17-10-8-16(9-11-17)27-13-18-20(14-4-6-15(23)7-5-14)24-25-22(21(18)26-27)19-3-2-12-29-19/h2-13H,1H3. The number of halogens is 1. The maximum atomic E-state index is 5.27. The van der Waals surface area contributed by atoms with Crippen molar-refractivity contribution in [2.75, 3.05) is 7.11 Å². The summed E-state index contributed by atoms with van der Waals surface area (Å²) in [4.78, 5) is 1.05. The minimum atomic E-state index is 0.795. The Bertz CT molecular complexity index is 1280. The fourth-order valence-electron chi connectivity index (χ4n) is 3.19. The Kier molecular flexibility index (Phi) is 4.61. The summed E-state index contributed by atoms with van der Waals surface area (Å²) in [6.07, 6.45) is 2.01. The lowest BCUT2D eigenvalue weighted by Crippen LogP contribution is -1.95. The van der Waals surface area contributed by atoms with Crippen LogP contribution in [0, 0.1) is 0 Å². The van der Waals surface area contributed by atoms with Gasteiger partial charge >= 0.3 is 0 Å². The number of hydrogen-bond donors (Lipinski definition) is 0. The van der Waals surface area contributed by atoms with E-state index in [0.717, 1.165) is 48.6 Å². The molecule has 29 heavy (non-hydrogen) atoms. The number of ether oxygens (including phenoxy) is 1. The van der Waals surface area contributed by atoms with E-state index in [-0.39, 0.29) is 0 Å². The molecule has 2 aromatic carbocycles. The zero-order chi connectivity index (χ0) is 19.8. The topological polar surface area (TPSA) is 52.8 Å². The molecule has 3 aromatic heterocycles. The van der Waals surface area contributed by atoms with E-state index in [0.29, 0.717) is 0 Å². The van der Waals surface area contributed by atoms with Crippen LogP contribution in [0.3, 0.4) is 0 Å². The maximum Gasteiger partial charge on any atom is 0.131 e. The van der Waals surface area contributed by atoms with Crippen molar-refractivity contribution in [3.8, 4) is 33.3 Å². The molecule has 0 aliphatic heterocycles. The number of rotatable bonds is 4. The lowest BCUT2D eigenvalue weighted by Gasteiger charge is -2.04. The molecule has 0 spiro atoms. The van der Waals surface area contributed by atoms with Gasteiger partial charge in [0.2, 0.25) is 0 Å².